The van der Waals surface area contributed by atoms with Crippen LogP contribution in [0.1, 0.15) is 5.56 Å². The fourth-order valence-electron chi connectivity index (χ4n) is 3.06. The summed E-state index contributed by atoms with van der Waals surface area (Å²) >= 11 is 0. The lowest BCUT2D eigenvalue weighted by molar-refractivity contribution is -0.274. The zero-order chi connectivity index (χ0) is 26.3. The van der Waals surface area contributed by atoms with Crippen molar-refractivity contribution in [2.24, 2.45) is 0 Å². The Labute approximate surface area is 204 Å². The van der Waals surface area contributed by atoms with E-state index in [1.807, 2.05) is 0 Å². The molecule has 1 N–H and O–H groups in total. The summed E-state index contributed by atoms with van der Waals surface area (Å²) < 4.78 is 83.0. The molecule has 3 aromatic rings. The summed E-state index contributed by atoms with van der Waals surface area (Å²) in [5.41, 5.74) is 0.244. The van der Waals surface area contributed by atoms with Gasteiger partial charge in [0.15, 0.2) is 0 Å². The van der Waals surface area contributed by atoms with E-state index in [0.717, 1.165) is 12.1 Å². The van der Waals surface area contributed by atoms with E-state index in [2.05, 4.69) is 4.74 Å². The standard InChI is InChI=1S/C24H21F3O8S/c1-32-10-11-33-20-12-16(14-23(28)29)13-22(15-20)36(30,31)21-8-6-18(7-9-21)34-17-2-4-19(5-3-17)35-24(25,26)27/h2-9,12-13,15H,10-11,14H2,1H3,(H,28,29). The fourth-order valence-corrected chi connectivity index (χ4v) is 4.40. The molecule has 0 saturated heterocycles. The summed E-state index contributed by atoms with van der Waals surface area (Å²) in [4.78, 5) is 10.9. The first kappa shape index (κ1) is 26.8. The largest absolute Gasteiger partial charge is 0.573 e. The number of carbonyl (C=O) groups is 1. The van der Waals surface area contributed by atoms with Crippen molar-refractivity contribution in [1.29, 1.82) is 0 Å². The molecule has 0 aromatic heterocycles. The second-order valence-corrected chi connectivity index (χ2v) is 9.27. The zero-order valence-electron chi connectivity index (χ0n) is 18.8. The Bertz CT molecular complexity index is 1290. The second-order valence-electron chi connectivity index (χ2n) is 7.32. The molecule has 0 saturated carbocycles. The molecule has 12 heteroatoms. The van der Waals surface area contributed by atoms with Crippen molar-refractivity contribution in [3.8, 4) is 23.0 Å². The van der Waals surface area contributed by atoms with Crippen LogP contribution in [0.2, 0.25) is 0 Å². The molecule has 0 aliphatic heterocycles. The van der Waals surface area contributed by atoms with Gasteiger partial charge in [-0.1, -0.05) is 0 Å². The molecule has 0 spiro atoms. The minimum Gasteiger partial charge on any atom is -0.491 e. The van der Waals surface area contributed by atoms with Crippen LogP contribution in [0.15, 0.2) is 76.5 Å². The van der Waals surface area contributed by atoms with Gasteiger partial charge < -0.3 is 24.1 Å². The molecular weight excluding hydrogens is 505 g/mol. The highest BCUT2D eigenvalue weighted by Crippen LogP contribution is 2.30. The van der Waals surface area contributed by atoms with Crippen LogP contribution in [-0.2, 0) is 25.8 Å². The third-order valence-electron chi connectivity index (χ3n) is 4.59. The minimum atomic E-state index is -4.81. The van der Waals surface area contributed by atoms with Crippen LogP contribution in [0.25, 0.3) is 0 Å². The molecule has 0 amide bonds. The van der Waals surface area contributed by atoms with Crippen LogP contribution in [0.3, 0.4) is 0 Å². The fraction of sp³-hybridized carbons (Fsp3) is 0.208. The maximum absolute atomic E-state index is 13.2. The van der Waals surface area contributed by atoms with Crippen LogP contribution in [-0.4, -0.2) is 46.2 Å². The lowest BCUT2D eigenvalue weighted by Crippen LogP contribution is -2.16. The Morgan fingerprint density at radius 3 is 1.97 bits per heavy atom. The van der Waals surface area contributed by atoms with E-state index in [0.29, 0.717) is 0 Å². The van der Waals surface area contributed by atoms with E-state index in [1.54, 1.807) is 0 Å². The van der Waals surface area contributed by atoms with Crippen LogP contribution in [0.4, 0.5) is 13.2 Å². The Morgan fingerprint density at radius 1 is 0.833 bits per heavy atom. The number of halogens is 3. The van der Waals surface area contributed by atoms with Gasteiger partial charge >= 0.3 is 12.3 Å². The number of benzene rings is 3. The highest BCUT2D eigenvalue weighted by atomic mass is 32.2. The van der Waals surface area contributed by atoms with Gasteiger partial charge in [0.25, 0.3) is 0 Å². The van der Waals surface area contributed by atoms with E-state index in [4.69, 9.17) is 19.3 Å². The third-order valence-corrected chi connectivity index (χ3v) is 6.34. The van der Waals surface area contributed by atoms with Crippen molar-refractivity contribution < 1.29 is 50.4 Å². The number of hydrogen-bond acceptors (Lipinski definition) is 7. The highest BCUT2D eigenvalue weighted by Gasteiger charge is 2.31. The van der Waals surface area contributed by atoms with Crippen molar-refractivity contribution in [2.45, 2.75) is 22.6 Å². The molecule has 8 nitrogen and oxygen atoms in total. The van der Waals surface area contributed by atoms with Gasteiger partial charge in [0.2, 0.25) is 9.84 Å². The summed E-state index contributed by atoms with van der Waals surface area (Å²) in [5, 5.41) is 9.12. The van der Waals surface area contributed by atoms with Crippen molar-refractivity contribution in [2.75, 3.05) is 20.3 Å². The number of ether oxygens (including phenoxy) is 4. The highest BCUT2D eigenvalue weighted by molar-refractivity contribution is 7.91. The summed E-state index contributed by atoms with van der Waals surface area (Å²) in [6.07, 6.45) is -5.21. The van der Waals surface area contributed by atoms with E-state index in [9.17, 15) is 26.4 Å². The molecule has 0 aliphatic carbocycles. The van der Waals surface area contributed by atoms with E-state index >= 15 is 0 Å². The van der Waals surface area contributed by atoms with Gasteiger partial charge in [-0.3, -0.25) is 4.79 Å². The van der Waals surface area contributed by atoms with Crippen molar-refractivity contribution in [1.82, 2.24) is 0 Å². The van der Waals surface area contributed by atoms with E-state index in [-0.39, 0.29) is 45.8 Å². The van der Waals surface area contributed by atoms with Gasteiger partial charge in [0.05, 0.1) is 22.8 Å². The summed E-state index contributed by atoms with van der Waals surface area (Å²) in [6.45, 7) is 0.395. The van der Waals surface area contributed by atoms with Gasteiger partial charge in [0.1, 0.15) is 29.6 Å². The molecule has 0 fully saturated rings. The van der Waals surface area contributed by atoms with E-state index in [1.165, 1.54) is 61.7 Å². The average Bonchev–Trinajstić information content (AvgIpc) is 2.79. The smallest absolute Gasteiger partial charge is 0.491 e. The second kappa shape index (κ2) is 11.3. The Hall–Kier alpha value is -3.77. The normalized spacial score (nSPS) is 11.7. The van der Waals surface area contributed by atoms with Crippen LogP contribution in [0, 0.1) is 0 Å². The zero-order valence-corrected chi connectivity index (χ0v) is 19.6. The predicted molar refractivity (Wildman–Crippen MR) is 120 cm³/mol. The third kappa shape index (κ3) is 7.62. The number of hydrogen-bond donors (Lipinski definition) is 1. The molecule has 3 aromatic carbocycles. The first-order valence-corrected chi connectivity index (χ1v) is 11.8. The van der Waals surface area contributed by atoms with Crippen molar-refractivity contribution in [3.05, 3.63) is 72.3 Å². The molecule has 0 atom stereocenters. The molecule has 0 unspecified atom stereocenters. The molecular formula is C24H21F3O8S. The number of carboxylic acid groups (broad SMARTS) is 1. The summed E-state index contributed by atoms with van der Waals surface area (Å²) in [6, 6.07) is 14.1. The number of aliphatic carboxylic acids is 1. The number of alkyl halides is 3. The molecule has 0 radical (unpaired) electrons. The Balaban J connectivity index is 1.80. The Morgan fingerprint density at radius 2 is 1.42 bits per heavy atom. The van der Waals surface area contributed by atoms with Crippen molar-refractivity contribution in [3.63, 3.8) is 0 Å². The maximum atomic E-state index is 13.2. The number of methoxy groups -OCH3 is 1. The first-order valence-electron chi connectivity index (χ1n) is 10.3. The molecule has 0 aliphatic rings. The number of carboxylic acids is 1. The quantitative estimate of drug-likeness (QED) is 0.353. The topological polar surface area (TPSA) is 108 Å². The van der Waals surface area contributed by atoms with Crippen LogP contribution < -0.4 is 14.2 Å². The number of sulfone groups is 1. The lowest BCUT2D eigenvalue weighted by atomic mass is 10.1. The monoisotopic (exact) mass is 526 g/mol. The van der Waals surface area contributed by atoms with Gasteiger partial charge in [-0.05, 0) is 72.3 Å². The summed E-state index contributed by atoms with van der Waals surface area (Å²) in [7, 11) is -2.57. The van der Waals surface area contributed by atoms with Crippen molar-refractivity contribution >= 4 is 15.8 Å². The summed E-state index contributed by atoms with van der Waals surface area (Å²) in [5.74, 6) is -0.915. The lowest BCUT2D eigenvalue weighted by Gasteiger charge is -2.12. The average molecular weight is 526 g/mol. The van der Waals surface area contributed by atoms with Gasteiger partial charge in [0, 0.05) is 7.11 Å². The first-order chi connectivity index (χ1) is 17.0. The SMILES string of the molecule is COCCOc1cc(CC(=O)O)cc(S(=O)(=O)c2ccc(Oc3ccc(OC(F)(F)F)cc3)cc2)c1. The molecule has 192 valence electrons. The molecule has 36 heavy (non-hydrogen) atoms. The van der Waals surface area contributed by atoms with E-state index < -0.39 is 34.3 Å². The molecule has 0 bridgehead atoms. The van der Waals surface area contributed by atoms with Gasteiger partial charge in [-0.2, -0.15) is 0 Å². The Kier molecular flexibility index (Phi) is 8.43. The number of rotatable bonds is 11. The van der Waals surface area contributed by atoms with Gasteiger partial charge in [-0.15, -0.1) is 13.2 Å². The maximum Gasteiger partial charge on any atom is 0.573 e. The molecule has 3 rings (SSSR count). The van der Waals surface area contributed by atoms with Gasteiger partial charge in [-0.25, -0.2) is 8.42 Å². The molecule has 0 heterocycles. The minimum absolute atomic E-state index is 0.0842. The van der Waals surface area contributed by atoms with Crippen LogP contribution >= 0.6 is 0 Å². The van der Waals surface area contributed by atoms with Crippen LogP contribution in [0.5, 0.6) is 23.0 Å². The predicted octanol–water partition coefficient (Wildman–Crippen LogP) is 4.86.